The summed E-state index contributed by atoms with van der Waals surface area (Å²) in [6.45, 7) is 1.42. The van der Waals surface area contributed by atoms with Crippen LogP contribution in [-0.2, 0) is 0 Å². The van der Waals surface area contributed by atoms with Crippen molar-refractivity contribution in [3.05, 3.63) is 41.3 Å². The Bertz CT molecular complexity index is 858. The quantitative estimate of drug-likeness (QED) is 0.774. The number of likely N-dealkylation sites (tertiary alicyclic amines) is 1. The Morgan fingerprint density at radius 3 is 2.68 bits per heavy atom. The molecule has 4 nitrogen and oxygen atoms in total. The molecule has 0 spiro atoms. The molecule has 1 amide bonds. The Kier molecular flexibility index (Phi) is 5.93. The van der Waals surface area contributed by atoms with Gasteiger partial charge in [0.05, 0.1) is 4.88 Å². The van der Waals surface area contributed by atoms with Crippen LogP contribution in [-0.4, -0.2) is 36.3 Å². The van der Waals surface area contributed by atoms with Crippen LogP contribution in [0.15, 0.2) is 36.4 Å². The van der Waals surface area contributed by atoms with Gasteiger partial charge in [-0.05, 0) is 54.5 Å². The number of thiophene rings is 1. The molecule has 2 N–H and O–H groups in total. The maximum Gasteiger partial charge on any atom is 0.573 e. The summed E-state index contributed by atoms with van der Waals surface area (Å²) < 4.78 is 41.2. The zero-order chi connectivity index (χ0) is 19.2. The number of carbonyl (C=O) groups is 1. The van der Waals surface area contributed by atoms with Crippen LogP contribution in [0.2, 0.25) is 0 Å². The molecular weight excluding hydrogens is 413 g/mol. The van der Waals surface area contributed by atoms with Gasteiger partial charge in [-0.3, -0.25) is 4.79 Å². The van der Waals surface area contributed by atoms with Gasteiger partial charge in [0.1, 0.15) is 5.75 Å². The molecule has 3 unspecified atom stereocenters. The number of carbonyl (C=O) groups excluding carboxylic acids is 1. The molecule has 9 heteroatoms. The molecular formula is C19H20ClF3N2O2S. The Morgan fingerprint density at radius 2 is 1.96 bits per heavy atom. The number of benzene rings is 1. The number of hydrogen-bond acceptors (Lipinski definition) is 4. The van der Waals surface area contributed by atoms with Gasteiger partial charge >= 0.3 is 6.36 Å². The van der Waals surface area contributed by atoms with E-state index in [4.69, 9.17) is 5.73 Å². The van der Waals surface area contributed by atoms with Crippen LogP contribution in [0.3, 0.4) is 0 Å². The van der Waals surface area contributed by atoms with Crippen LogP contribution in [0.1, 0.15) is 22.5 Å². The van der Waals surface area contributed by atoms with Crippen LogP contribution in [0, 0.1) is 11.8 Å². The minimum atomic E-state index is -4.73. The van der Waals surface area contributed by atoms with Gasteiger partial charge in [-0.25, -0.2) is 0 Å². The van der Waals surface area contributed by atoms with Crippen molar-refractivity contribution < 1.29 is 22.7 Å². The van der Waals surface area contributed by atoms with Crippen molar-refractivity contribution in [1.82, 2.24) is 4.90 Å². The van der Waals surface area contributed by atoms with Gasteiger partial charge in [-0.1, -0.05) is 12.1 Å². The molecule has 152 valence electrons. The van der Waals surface area contributed by atoms with Gasteiger partial charge in [-0.2, -0.15) is 0 Å². The summed E-state index contributed by atoms with van der Waals surface area (Å²) in [6.07, 6.45) is -2.64. The van der Waals surface area contributed by atoms with E-state index >= 15 is 0 Å². The third-order valence-corrected chi connectivity index (χ3v) is 6.49. The lowest BCUT2D eigenvalue weighted by molar-refractivity contribution is -0.274. The summed E-state index contributed by atoms with van der Waals surface area (Å²) in [5.41, 5.74) is 6.72. The third kappa shape index (κ3) is 4.29. The first kappa shape index (κ1) is 21.0. The molecule has 1 aliphatic heterocycles. The number of fused-ring (bicyclic) bond motifs is 1. The van der Waals surface area contributed by atoms with E-state index in [2.05, 4.69) is 4.74 Å². The topological polar surface area (TPSA) is 55.6 Å². The van der Waals surface area contributed by atoms with Crippen molar-refractivity contribution in [2.24, 2.45) is 17.6 Å². The highest BCUT2D eigenvalue weighted by Crippen LogP contribution is 2.39. The number of ether oxygens (including phenoxy) is 1. The molecule has 1 aromatic carbocycles. The Morgan fingerprint density at radius 1 is 1.18 bits per heavy atom. The standard InChI is InChI=1S/C19H19F3N2O2S.ClH/c20-19(21,22)26-13-3-1-2-11(8-13)16-6-7-17(27-16)18(25)24-9-12-4-5-15(23)14(12)10-24;/h1-3,6-8,12,14-15H,4-5,9-10,23H2;1H. The van der Waals surface area contributed by atoms with Crippen LogP contribution in [0.5, 0.6) is 5.75 Å². The monoisotopic (exact) mass is 432 g/mol. The van der Waals surface area contributed by atoms with Gasteiger partial charge in [0.2, 0.25) is 0 Å². The average Bonchev–Trinajstić information content (AvgIpc) is 3.31. The smallest absolute Gasteiger partial charge is 0.406 e. The van der Waals surface area contributed by atoms with Crippen LogP contribution in [0.4, 0.5) is 13.2 Å². The van der Waals surface area contributed by atoms with E-state index in [1.165, 1.54) is 29.5 Å². The van der Waals surface area contributed by atoms with E-state index in [9.17, 15) is 18.0 Å². The number of rotatable bonds is 3. The van der Waals surface area contributed by atoms with E-state index < -0.39 is 6.36 Å². The fourth-order valence-electron chi connectivity index (χ4n) is 4.08. The fraction of sp³-hybridized carbons (Fsp3) is 0.421. The predicted molar refractivity (Wildman–Crippen MR) is 104 cm³/mol. The highest BCUT2D eigenvalue weighted by Gasteiger charge is 2.42. The van der Waals surface area contributed by atoms with Crippen molar-refractivity contribution >= 4 is 29.7 Å². The van der Waals surface area contributed by atoms with Crippen molar-refractivity contribution in [1.29, 1.82) is 0 Å². The maximum absolute atomic E-state index is 12.8. The van der Waals surface area contributed by atoms with E-state index in [0.29, 0.717) is 28.8 Å². The molecule has 4 rings (SSSR count). The van der Waals surface area contributed by atoms with E-state index in [1.54, 1.807) is 18.2 Å². The van der Waals surface area contributed by atoms with Crippen molar-refractivity contribution in [2.75, 3.05) is 13.1 Å². The number of hydrogen-bond donors (Lipinski definition) is 1. The molecule has 1 aromatic heterocycles. The molecule has 2 aromatic rings. The summed E-state index contributed by atoms with van der Waals surface area (Å²) >= 11 is 1.28. The van der Waals surface area contributed by atoms with Crippen molar-refractivity contribution in [3.8, 4) is 16.2 Å². The van der Waals surface area contributed by atoms with E-state index in [-0.39, 0.29) is 30.1 Å². The summed E-state index contributed by atoms with van der Waals surface area (Å²) in [4.78, 5) is 16.0. The summed E-state index contributed by atoms with van der Waals surface area (Å²) in [5.74, 6) is 0.558. The first-order chi connectivity index (χ1) is 12.8. The second-order valence-electron chi connectivity index (χ2n) is 7.11. The number of amides is 1. The molecule has 2 heterocycles. The molecule has 1 aliphatic carbocycles. The Hall–Kier alpha value is -1.77. The van der Waals surface area contributed by atoms with E-state index in [1.807, 2.05) is 4.90 Å². The molecule has 1 saturated carbocycles. The lowest BCUT2D eigenvalue weighted by atomic mass is 9.98. The second kappa shape index (κ2) is 7.93. The molecule has 2 aliphatic rings. The van der Waals surface area contributed by atoms with Crippen molar-refractivity contribution in [3.63, 3.8) is 0 Å². The molecule has 1 saturated heterocycles. The summed E-state index contributed by atoms with van der Waals surface area (Å²) in [5, 5.41) is 0. The van der Waals surface area contributed by atoms with Gasteiger partial charge in [0.25, 0.3) is 5.91 Å². The van der Waals surface area contributed by atoms with Gasteiger partial charge in [0.15, 0.2) is 0 Å². The Balaban J connectivity index is 0.00000225. The zero-order valence-electron chi connectivity index (χ0n) is 14.8. The van der Waals surface area contributed by atoms with Crippen LogP contribution >= 0.6 is 23.7 Å². The summed E-state index contributed by atoms with van der Waals surface area (Å²) in [6, 6.07) is 9.43. The molecule has 0 radical (unpaired) electrons. The lowest BCUT2D eigenvalue weighted by Crippen LogP contribution is -2.33. The zero-order valence-corrected chi connectivity index (χ0v) is 16.4. The van der Waals surface area contributed by atoms with Gasteiger partial charge in [-0.15, -0.1) is 36.9 Å². The normalized spacial score (nSPS) is 24.0. The first-order valence-electron chi connectivity index (χ1n) is 8.81. The largest absolute Gasteiger partial charge is 0.573 e. The van der Waals surface area contributed by atoms with Crippen LogP contribution in [0.25, 0.3) is 10.4 Å². The number of halogens is 4. The predicted octanol–water partition coefficient (Wildman–Crippen LogP) is 4.54. The first-order valence-corrected chi connectivity index (χ1v) is 9.63. The summed E-state index contributed by atoms with van der Waals surface area (Å²) in [7, 11) is 0. The third-order valence-electron chi connectivity index (χ3n) is 5.37. The lowest BCUT2D eigenvalue weighted by Gasteiger charge is -2.17. The fourth-order valence-corrected chi connectivity index (χ4v) is 5.05. The number of alkyl halides is 3. The number of nitrogens with zero attached hydrogens (tertiary/aromatic N) is 1. The van der Waals surface area contributed by atoms with Gasteiger partial charge < -0.3 is 15.4 Å². The Labute approximate surface area is 170 Å². The molecule has 3 atom stereocenters. The maximum atomic E-state index is 12.8. The number of nitrogens with two attached hydrogens (primary N) is 1. The molecule has 28 heavy (non-hydrogen) atoms. The second-order valence-corrected chi connectivity index (χ2v) is 8.20. The minimum Gasteiger partial charge on any atom is -0.406 e. The van der Waals surface area contributed by atoms with Gasteiger partial charge in [0, 0.05) is 24.0 Å². The van der Waals surface area contributed by atoms with Crippen LogP contribution < -0.4 is 10.5 Å². The molecule has 0 bridgehead atoms. The SMILES string of the molecule is Cl.NC1CCC2CN(C(=O)c3ccc(-c4cccc(OC(F)(F)F)c4)s3)CC12. The van der Waals surface area contributed by atoms with E-state index in [0.717, 1.165) is 24.3 Å². The average molecular weight is 433 g/mol. The molecule has 2 fully saturated rings. The highest BCUT2D eigenvalue weighted by atomic mass is 35.5. The minimum absolute atomic E-state index is 0. The highest BCUT2D eigenvalue weighted by molar-refractivity contribution is 7.17. The van der Waals surface area contributed by atoms with Crippen molar-refractivity contribution in [2.45, 2.75) is 25.2 Å².